The lowest BCUT2D eigenvalue weighted by atomic mass is 10.2. The Kier molecular flexibility index (Phi) is 1.13. The van der Waals surface area contributed by atoms with Crippen LogP contribution in [0.4, 0.5) is 5.69 Å². The summed E-state index contributed by atoms with van der Waals surface area (Å²) in [6.07, 6.45) is 3.07. The highest BCUT2D eigenvalue weighted by atomic mass is 14.9. The second-order valence-electron chi connectivity index (χ2n) is 2.66. The van der Waals surface area contributed by atoms with Gasteiger partial charge < -0.3 is 5.32 Å². The summed E-state index contributed by atoms with van der Waals surface area (Å²) in [5.74, 6) is 0. The average molecular weight is 134 g/mol. The molecule has 0 spiro atoms. The molecular formula is C8H10N2. The topological polar surface area (TPSA) is 24.9 Å². The maximum atomic E-state index is 4.19. The largest absolute Gasteiger partial charge is 0.383 e. The molecule has 10 heavy (non-hydrogen) atoms. The molecule has 0 aliphatic carbocycles. The minimum Gasteiger partial charge on any atom is -0.383 e. The number of aryl methyl sites for hydroxylation is 1. The van der Waals surface area contributed by atoms with Crippen LogP contribution in [0.5, 0.6) is 0 Å². The molecule has 0 unspecified atom stereocenters. The smallest absolute Gasteiger partial charge is 0.0560 e. The van der Waals surface area contributed by atoms with E-state index in [1.807, 2.05) is 13.1 Å². The lowest BCUT2D eigenvalue weighted by Gasteiger charge is -1.97. The van der Waals surface area contributed by atoms with E-state index in [4.69, 9.17) is 0 Å². The first-order valence-electron chi connectivity index (χ1n) is 3.55. The molecule has 0 aromatic carbocycles. The Balaban J connectivity index is 2.52. The maximum absolute atomic E-state index is 4.19. The van der Waals surface area contributed by atoms with Crippen LogP contribution in [0.25, 0.3) is 0 Å². The van der Waals surface area contributed by atoms with Crippen molar-refractivity contribution >= 4 is 5.69 Å². The minimum atomic E-state index is 1.07. The summed E-state index contributed by atoms with van der Waals surface area (Å²) in [4.78, 5) is 4.19. The number of rotatable bonds is 0. The van der Waals surface area contributed by atoms with E-state index in [9.17, 15) is 0 Å². The lowest BCUT2D eigenvalue weighted by molar-refractivity contribution is 1.10. The van der Waals surface area contributed by atoms with E-state index in [0.29, 0.717) is 0 Å². The van der Waals surface area contributed by atoms with E-state index in [-0.39, 0.29) is 0 Å². The zero-order valence-corrected chi connectivity index (χ0v) is 6.02. The Morgan fingerprint density at radius 3 is 3.40 bits per heavy atom. The molecule has 0 atom stereocenters. The lowest BCUT2D eigenvalue weighted by Crippen LogP contribution is -1.91. The fraction of sp³-hybridized carbons (Fsp3) is 0.375. The quantitative estimate of drug-likeness (QED) is 0.579. The van der Waals surface area contributed by atoms with Gasteiger partial charge in [-0.25, -0.2) is 0 Å². The standard InChI is InChI=1S/C8H10N2/c1-6-4-7-2-3-9-8(7)5-10-6/h4-5,9H,2-3H2,1H3. The SMILES string of the molecule is Cc1cc2c(cn1)NCC2. The van der Waals surface area contributed by atoms with Crippen molar-refractivity contribution in [3.63, 3.8) is 0 Å². The summed E-state index contributed by atoms with van der Waals surface area (Å²) in [6, 6.07) is 2.15. The first kappa shape index (κ1) is 5.71. The molecule has 1 aliphatic heterocycles. The van der Waals surface area contributed by atoms with Crippen LogP contribution in [0.1, 0.15) is 11.3 Å². The van der Waals surface area contributed by atoms with Gasteiger partial charge in [0.15, 0.2) is 0 Å². The van der Waals surface area contributed by atoms with Crippen molar-refractivity contribution in [1.29, 1.82) is 0 Å². The molecule has 0 bridgehead atoms. The van der Waals surface area contributed by atoms with E-state index >= 15 is 0 Å². The van der Waals surface area contributed by atoms with Gasteiger partial charge in [-0.05, 0) is 25.0 Å². The second-order valence-corrected chi connectivity index (χ2v) is 2.66. The van der Waals surface area contributed by atoms with E-state index < -0.39 is 0 Å². The fourth-order valence-corrected chi connectivity index (χ4v) is 1.31. The van der Waals surface area contributed by atoms with Crippen LogP contribution in [0.2, 0.25) is 0 Å². The number of pyridine rings is 1. The number of aromatic nitrogens is 1. The van der Waals surface area contributed by atoms with E-state index in [0.717, 1.165) is 18.7 Å². The summed E-state index contributed by atoms with van der Waals surface area (Å²) in [7, 11) is 0. The third-order valence-electron chi connectivity index (χ3n) is 1.84. The van der Waals surface area contributed by atoms with Crippen LogP contribution in [0, 0.1) is 6.92 Å². The molecule has 1 aromatic rings. The molecule has 52 valence electrons. The molecule has 2 nitrogen and oxygen atoms in total. The van der Waals surface area contributed by atoms with Crippen LogP contribution in [0.3, 0.4) is 0 Å². The van der Waals surface area contributed by atoms with Gasteiger partial charge in [0.05, 0.1) is 11.9 Å². The fourth-order valence-electron chi connectivity index (χ4n) is 1.31. The summed E-state index contributed by atoms with van der Waals surface area (Å²) in [6.45, 7) is 3.10. The third kappa shape index (κ3) is 0.764. The van der Waals surface area contributed by atoms with Gasteiger partial charge in [-0.15, -0.1) is 0 Å². The third-order valence-corrected chi connectivity index (χ3v) is 1.84. The summed E-state index contributed by atoms with van der Waals surface area (Å²) < 4.78 is 0. The highest BCUT2D eigenvalue weighted by Gasteiger charge is 2.08. The Bertz CT molecular complexity index is 255. The summed E-state index contributed by atoms with van der Waals surface area (Å²) in [5, 5.41) is 3.26. The highest BCUT2D eigenvalue weighted by molar-refractivity contribution is 5.53. The van der Waals surface area contributed by atoms with Gasteiger partial charge in [0.25, 0.3) is 0 Å². The van der Waals surface area contributed by atoms with Crippen molar-refractivity contribution < 1.29 is 0 Å². The summed E-state index contributed by atoms with van der Waals surface area (Å²) >= 11 is 0. The van der Waals surface area contributed by atoms with Crippen LogP contribution < -0.4 is 5.32 Å². The van der Waals surface area contributed by atoms with E-state index in [2.05, 4.69) is 16.4 Å². The van der Waals surface area contributed by atoms with E-state index in [1.165, 1.54) is 11.3 Å². The van der Waals surface area contributed by atoms with Crippen molar-refractivity contribution in [1.82, 2.24) is 4.98 Å². The first-order valence-corrected chi connectivity index (χ1v) is 3.55. The predicted molar refractivity (Wildman–Crippen MR) is 41.2 cm³/mol. The van der Waals surface area contributed by atoms with Crippen molar-refractivity contribution in [2.75, 3.05) is 11.9 Å². The molecule has 2 rings (SSSR count). The number of fused-ring (bicyclic) bond motifs is 1. The molecule has 1 aromatic heterocycles. The van der Waals surface area contributed by atoms with Gasteiger partial charge in [-0.1, -0.05) is 0 Å². The van der Waals surface area contributed by atoms with Crippen LogP contribution in [-0.2, 0) is 6.42 Å². The van der Waals surface area contributed by atoms with E-state index in [1.54, 1.807) is 0 Å². The minimum absolute atomic E-state index is 1.07. The second kappa shape index (κ2) is 1.97. The molecule has 1 aliphatic rings. The molecular weight excluding hydrogens is 124 g/mol. The molecule has 0 fully saturated rings. The van der Waals surface area contributed by atoms with Gasteiger partial charge in [0, 0.05) is 12.2 Å². The van der Waals surface area contributed by atoms with Gasteiger partial charge >= 0.3 is 0 Å². The summed E-state index contributed by atoms with van der Waals surface area (Å²) in [5.41, 5.74) is 3.74. The van der Waals surface area contributed by atoms with Gasteiger partial charge in [0.1, 0.15) is 0 Å². The number of hydrogen-bond acceptors (Lipinski definition) is 2. The molecule has 1 N–H and O–H groups in total. The van der Waals surface area contributed by atoms with Crippen LogP contribution >= 0.6 is 0 Å². The Labute approximate surface area is 60.3 Å². The van der Waals surface area contributed by atoms with Gasteiger partial charge in [-0.2, -0.15) is 0 Å². The van der Waals surface area contributed by atoms with Crippen LogP contribution in [-0.4, -0.2) is 11.5 Å². The zero-order valence-electron chi connectivity index (χ0n) is 6.02. The number of nitrogens with zero attached hydrogens (tertiary/aromatic N) is 1. The number of anilines is 1. The Hall–Kier alpha value is -1.05. The first-order chi connectivity index (χ1) is 4.86. The van der Waals surface area contributed by atoms with Crippen LogP contribution in [0.15, 0.2) is 12.3 Å². The molecule has 2 heterocycles. The number of hydrogen-bond donors (Lipinski definition) is 1. The zero-order chi connectivity index (χ0) is 6.97. The molecule has 2 heteroatoms. The maximum Gasteiger partial charge on any atom is 0.0560 e. The number of nitrogens with one attached hydrogen (secondary N) is 1. The molecule has 0 saturated heterocycles. The van der Waals surface area contributed by atoms with Gasteiger partial charge in [0.2, 0.25) is 0 Å². The normalized spacial score (nSPS) is 14.5. The van der Waals surface area contributed by atoms with Crippen molar-refractivity contribution in [2.45, 2.75) is 13.3 Å². The van der Waals surface area contributed by atoms with Gasteiger partial charge in [-0.3, -0.25) is 4.98 Å². The Morgan fingerprint density at radius 2 is 2.50 bits per heavy atom. The van der Waals surface area contributed by atoms with Crippen molar-refractivity contribution in [2.24, 2.45) is 0 Å². The molecule has 0 radical (unpaired) electrons. The molecule has 0 amide bonds. The Morgan fingerprint density at radius 1 is 1.60 bits per heavy atom. The van der Waals surface area contributed by atoms with Crippen molar-refractivity contribution in [3.05, 3.63) is 23.5 Å². The molecule has 0 saturated carbocycles. The monoisotopic (exact) mass is 134 g/mol. The average Bonchev–Trinajstić information content (AvgIpc) is 2.33. The van der Waals surface area contributed by atoms with Crippen molar-refractivity contribution in [3.8, 4) is 0 Å². The highest BCUT2D eigenvalue weighted by Crippen LogP contribution is 2.20. The predicted octanol–water partition coefficient (Wildman–Crippen LogP) is 1.36.